The lowest BCUT2D eigenvalue weighted by Crippen LogP contribution is -2.20. The SMILES string of the molecule is COC(=O)c1ccc(C)c(NC(=O)C(C)Br)c1. The molecule has 1 rings (SSSR count). The Morgan fingerprint density at radius 2 is 2.06 bits per heavy atom. The van der Waals surface area contributed by atoms with Gasteiger partial charge in [-0.3, -0.25) is 4.79 Å². The topological polar surface area (TPSA) is 55.4 Å². The molecule has 4 nitrogen and oxygen atoms in total. The lowest BCUT2D eigenvalue weighted by atomic mass is 10.1. The van der Waals surface area contributed by atoms with Crippen molar-refractivity contribution in [2.45, 2.75) is 18.7 Å². The van der Waals surface area contributed by atoms with E-state index in [1.807, 2.05) is 6.92 Å². The quantitative estimate of drug-likeness (QED) is 0.689. The third-order valence-electron chi connectivity index (χ3n) is 2.28. The van der Waals surface area contributed by atoms with Crippen LogP contribution in [-0.2, 0) is 9.53 Å². The van der Waals surface area contributed by atoms with E-state index in [1.54, 1.807) is 25.1 Å². The summed E-state index contributed by atoms with van der Waals surface area (Å²) in [6.07, 6.45) is 0. The number of hydrogen-bond acceptors (Lipinski definition) is 3. The highest BCUT2D eigenvalue weighted by molar-refractivity contribution is 9.10. The highest BCUT2D eigenvalue weighted by atomic mass is 79.9. The van der Waals surface area contributed by atoms with Crippen molar-refractivity contribution in [2.24, 2.45) is 0 Å². The van der Waals surface area contributed by atoms with Crippen molar-refractivity contribution in [3.8, 4) is 0 Å². The van der Waals surface area contributed by atoms with E-state index in [4.69, 9.17) is 0 Å². The van der Waals surface area contributed by atoms with Crippen molar-refractivity contribution < 1.29 is 14.3 Å². The molecule has 1 N–H and O–H groups in total. The van der Waals surface area contributed by atoms with Crippen LogP contribution in [0.4, 0.5) is 5.69 Å². The first-order chi connectivity index (χ1) is 7.95. The zero-order chi connectivity index (χ0) is 13.0. The molecule has 0 aliphatic heterocycles. The molecule has 1 atom stereocenters. The van der Waals surface area contributed by atoms with Gasteiger partial charge >= 0.3 is 5.97 Å². The average molecular weight is 300 g/mol. The van der Waals surface area contributed by atoms with Crippen LogP contribution in [0.5, 0.6) is 0 Å². The van der Waals surface area contributed by atoms with Gasteiger partial charge in [-0.2, -0.15) is 0 Å². The summed E-state index contributed by atoms with van der Waals surface area (Å²) in [5, 5.41) is 2.74. The van der Waals surface area contributed by atoms with E-state index >= 15 is 0 Å². The van der Waals surface area contributed by atoms with Crippen molar-refractivity contribution in [2.75, 3.05) is 12.4 Å². The summed E-state index contributed by atoms with van der Waals surface area (Å²) in [6.45, 7) is 3.59. The Labute approximate surface area is 108 Å². The van der Waals surface area contributed by atoms with E-state index in [9.17, 15) is 9.59 Å². The Hall–Kier alpha value is -1.36. The number of carbonyl (C=O) groups excluding carboxylic acids is 2. The zero-order valence-electron chi connectivity index (χ0n) is 9.91. The summed E-state index contributed by atoms with van der Waals surface area (Å²) in [7, 11) is 1.32. The first kappa shape index (κ1) is 13.7. The summed E-state index contributed by atoms with van der Waals surface area (Å²) in [4.78, 5) is 22.6. The number of carbonyl (C=O) groups is 2. The van der Waals surface area contributed by atoms with Gasteiger partial charge in [0.25, 0.3) is 0 Å². The Morgan fingerprint density at radius 3 is 2.59 bits per heavy atom. The van der Waals surface area contributed by atoms with E-state index in [-0.39, 0.29) is 10.7 Å². The number of benzene rings is 1. The second kappa shape index (κ2) is 5.82. The maximum Gasteiger partial charge on any atom is 0.337 e. The molecular weight excluding hydrogens is 286 g/mol. The number of esters is 1. The third-order valence-corrected chi connectivity index (χ3v) is 2.69. The molecule has 1 unspecified atom stereocenters. The molecule has 0 saturated carbocycles. The van der Waals surface area contributed by atoms with Crippen LogP contribution in [0.25, 0.3) is 0 Å². The van der Waals surface area contributed by atoms with Gasteiger partial charge in [-0.25, -0.2) is 4.79 Å². The number of halogens is 1. The molecule has 1 amide bonds. The number of rotatable bonds is 3. The Balaban J connectivity index is 2.99. The number of hydrogen-bond donors (Lipinski definition) is 1. The van der Waals surface area contributed by atoms with Crippen LogP contribution in [0.3, 0.4) is 0 Å². The van der Waals surface area contributed by atoms with Crippen molar-refractivity contribution in [1.29, 1.82) is 0 Å². The van der Waals surface area contributed by atoms with Gasteiger partial charge in [0.05, 0.1) is 17.5 Å². The van der Waals surface area contributed by atoms with Gasteiger partial charge < -0.3 is 10.1 Å². The average Bonchev–Trinajstić information content (AvgIpc) is 2.30. The van der Waals surface area contributed by atoms with Crippen molar-refractivity contribution in [1.82, 2.24) is 0 Å². The molecule has 0 heterocycles. The van der Waals surface area contributed by atoms with Crippen LogP contribution in [0.15, 0.2) is 18.2 Å². The van der Waals surface area contributed by atoms with Crippen LogP contribution in [-0.4, -0.2) is 23.8 Å². The van der Waals surface area contributed by atoms with Crippen LogP contribution in [0, 0.1) is 6.92 Å². The van der Waals surface area contributed by atoms with Gasteiger partial charge in [0.15, 0.2) is 0 Å². The molecule has 0 radical (unpaired) electrons. The van der Waals surface area contributed by atoms with Gasteiger partial charge in [0, 0.05) is 5.69 Å². The Morgan fingerprint density at radius 1 is 1.41 bits per heavy atom. The smallest absolute Gasteiger partial charge is 0.337 e. The molecule has 5 heteroatoms. The lowest BCUT2D eigenvalue weighted by Gasteiger charge is -2.10. The molecule has 0 saturated heterocycles. The standard InChI is InChI=1S/C12H14BrNO3/c1-7-4-5-9(12(16)17-3)6-10(7)14-11(15)8(2)13/h4-6,8H,1-3H3,(H,14,15). The highest BCUT2D eigenvalue weighted by Crippen LogP contribution is 2.18. The summed E-state index contributed by atoms with van der Waals surface area (Å²) in [6, 6.07) is 5.03. The van der Waals surface area contributed by atoms with Crippen molar-refractivity contribution in [3.05, 3.63) is 29.3 Å². The second-order valence-electron chi connectivity index (χ2n) is 3.63. The third kappa shape index (κ3) is 3.56. The molecule has 0 aromatic heterocycles. The maximum atomic E-state index is 11.5. The molecule has 0 bridgehead atoms. The summed E-state index contributed by atoms with van der Waals surface area (Å²) in [5.41, 5.74) is 1.92. The first-order valence-corrected chi connectivity index (χ1v) is 6.01. The minimum Gasteiger partial charge on any atom is -0.465 e. The number of nitrogens with one attached hydrogen (secondary N) is 1. The molecule has 1 aromatic rings. The highest BCUT2D eigenvalue weighted by Gasteiger charge is 2.12. The maximum absolute atomic E-state index is 11.5. The van der Waals surface area contributed by atoms with E-state index < -0.39 is 5.97 Å². The predicted molar refractivity (Wildman–Crippen MR) is 69.5 cm³/mol. The largest absolute Gasteiger partial charge is 0.465 e. The minimum atomic E-state index is -0.424. The van der Waals surface area contributed by atoms with E-state index in [0.717, 1.165) is 5.56 Å². The second-order valence-corrected chi connectivity index (χ2v) is 5.00. The monoisotopic (exact) mass is 299 g/mol. The van der Waals surface area contributed by atoms with Crippen LogP contribution < -0.4 is 5.32 Å². The lowest BCUT2D eigenvalue weighted by molar-refractivity contribution is -0.115. The molecule has 17 heavy (non-hydrogen) atoms. The summed E-state index contributed by atoms with van der Waals surface area (Å²) < 4.78 is 4.62. The van der Waals surface area contributed by atoms with Gasteiger partial charge in [-0.05, 0) is 31.5 Å². The van der Waals surface area contributed by atoms with Gasteiger partial charge in [-0.1, -0.05) is 22.0 Å². The zero-order valence-corrected chi connectivity index (χ0v) is 11.5. The van der Waals surface area contributed by atoms with Crippen LogP contribution in [0.2, 0.25) is 0 Å². The first-order valence-electron chi connectivity index (χ1n) is 5.09. The molecule has 0 fully saturated rings. The van der Waals surface area contributed by atoms with Crippen LogP contribution >= 0.6 is 15.9 Å². The molecular formula is C12H14BrNO3. The van der Waals surface area contributed by atoms with E-state index in [0.29, 0.717) is 11.3 Å². The molecule has 0 aliphatic carbocycles. The number of anilines is 1. The normalized spacial score (nSPS) is 11.8. The van der Waals surface area contributed by atoms with E-state index in [1.165, 1.54) is 7.11 Å². The Kier molecular flexibility index (Phi) is 4.69. The molecule has 92 valence electrons. The minimum absolute atomic E-state index is 0.157. The molecule has 1 aromatic carbocycles. The van der Waals surface area contributed by atoms with Gasteiger partial charge in [0.2, 0.25) is 5.91 Å². The fraction of sp³-hybridized carbons (Fsp3) is 0.333. The number of amides is 1. The van der Waals surface area contributed by atoms with Gasteiger partial charge in [-0.15, -0.1) is 0 Å². The number of alkyl halides is 1. The fourth-order valence-corrected chi connectivity index (χ4v) is 1.35. The van der Waals surface area contributed by atoms with Crippen molar-refractivity contribution >= 4 is 33.5 Å². The summed E-state index contributed by atoms with van der Waals surface area (Å²) >= 11 is 3.18. The van der Waals surface area contributed by atoms with Crippen molar-refractivity contribution in [3.63, 3.8) is 0 Å². The van der Waals surface area contributed by atoms with E-state index in [2.05, 4.69) is 26.0 Å². The number of ether oxygens (including phenoxy) is 1. The van der Waals surface area contributed by atoms with Gasteiger partial charge in [0.1, 0.15) is 0 Å². The fourth-order valence-electron chi connectivity index (χ4n) is 1.23. The number of aryl methyl sites for hydroxylation is 1. The predicted octanol–water partition coefficient (Wildman–Crippen LogP) is 2.50. The molecule has 0 aliphatic rings. The van der Waals surface area contributed by atoms with Crippen LogP contribution in [0.1, 0.15) is 22.8 Å². The number of methoxy groups -OCH3 is 1. The Bertz CT molecular complexity index is 443. The molecule has 0 spiro atoms. The summed E-state index contributed by atoms with van der Waals surface area (Å²) in [5.74, 6) is -0.581.